The predicted molar refractivity (Wildman–Crippen MR) is 70.3 cm³/mol. The van der Waals surface area contributed by atoms with E-state index in [4.69, 9.17) is 0 Å². The van der Waals surface area contributed by atoms with Crippen LogP contribution in [0.1, 0.15) is 24.8 Å². The van der Waals surface area contributed by atoms with Crippen molar-refractivity contribution >= 4 is 6.03 Å². The number of phenols is 1. The van der Waals surface area contributed by atoms with Gasteiger partial charge in [0, 0.05) is 20.1 Å². The fraction of sp³-hybridized carbons (Fsp3) is 0.500. The number of hydrogen-bond donors (Lipinski definition) is 2. The quantitative estimate of drug-likeness (QED) is 0.859. The molecule has 0 bridgehead atoms. The van der Waals surface area contributed by atoms with Gasteiger partial charge < -0.3 is 15.3 Å². The third-order valence-corrected chi connectivity index (χ3v) is 3.47. The Hall–Kier alpha value is -1.71. The summed E-state index contributed by atoms with van der Waals surface area (Å²) in [6.45, 7) is 1.34. The van der Waals surface area contributed by atoms with E-state index in [1.165, 1.54) is 19.3 Å². The van der Waals surface area contributed by atoms with E-state index in [1.54, 1.807) is 24.1 Å². The number of nitrogens with zero attached hydrogens (tertiary/aromatic N) is 1. The molecular formula is C14H20N2O2. The van der Waals surface area contributed by atoms with Gasteiger partial charge in [-0.3, -0.25) is 0 Å². The number of benzene rings is 1. The lowest BCUT2D eigenvalue weighted by Crippen LogP contribution is -2.40. The Bertz CT molecular complexity index is 399. The molecule has 98 valence electrons. The topological polar surface area (TPSA) is 52.6 Å². The van der Waals surface area contributed by atoms with E-state index < -0.39 is 0 Å². The van der Waals surface area contributed by atoms with Gasteiger partial charge in [0.05, 0.1) is 0 Å². The molecule has 4 nitrogen and oxygen atoms in total. The Morgan fingerprint density at radius 3 is 2.61 bits per heavy atom. The maximum absolute atomic E-state index is 11.8. The van der Waals surface area contributed by atoms with Crippen LogP contribution in [0.15, 0.2) is 24.3 Å². The molecule has 1 saturated carbocycles. The molecule has 2 rings (SSSR count). The standard InChI is InChI=1S/C14H20N2O2/c1-16(10-12-5-7-13(17)8-6-12)14(18)15-9-11-3-2-4-11/h5-8,11,17H,2-4,9-10H2,1H3,(H,15,18). The lowest BCUT2D eigenvalue weighted by Gasteiger charge is -2.27. The molecule has 1 aliphatic carbocycles. The van der Waals surface area contributed by atoms with Crippen LogP contribution in [-0.2, 0) is 6.54 Å². The molecule has 2 amide bonds. The highest BCUT2D eigenvalue weighted by Crippen LogP contribution is 2.25. The summed E-state index contributed by atoms with van der Waals surface area (Å²) in [6, 6.07) is 6.89. The van der Waals surface area contributed by atoms with Crippen LogP contribution in [0.5, 0.6) is 5.75 Å². The molecule has 1 aliphatic rings. The Morgan fingerprint density at radius 2 is 2.06 bits per heavy atom. The van der Waals surface area contributed by atoms with Gasteiger partial charge in [-0.05, 0) is 36.5 Å². The first-order valence-electron chi connectivity index (χ1n) is 6.42. The van der Waals surface area contributed by atoms with Crippen LogP contribution < -0.4 is 5.32 Å². The zero-order valence-electron chi connectivity index (χ0n) is 10.7. The van der Waals surface area contributed by atoms with E-state index in [0.29, 0.717) is 12.5 Å². The lowest BCUT2D eigenvalue weighted by molar-refractivity contribution is 0.200. The maximum Gasteiger partial charge on any atom is 0.317 e. The number of amides is 2. The summed E-state index contributed by atoms with van der Waals surface area (Å²) in [6.07, 6.45) is 3.77. The average molecular weight is 248 g/mol. The molecule has 1 aromatic carbocycles. The van der Waals surface area contributed by atoms with Crippen LogP contribution in [0.25, 0.3) is 0 Å². The Balaban J connectivity index is 1.77. The van der Waals surface area contributed by atoms with Crippen molar-refractivity contribution in [2.75, 3.05) is 13.6 Å². The molecule has 4 heteroatoms. The summed E-state index contributed by atoms with van der Waals surface area (Å²) in [5, 5.41) is 12.1. The van der Waals surface area contributed by atoms with Crippen LogP contribution >= 0.6 is 0 Å². The van der Waals surface area contributed by atoms with Crippen molar-refractivity contribution in [2.24, 2.45) is 5.92 Å². The molecule has 0 aromatic heterocycles. The lowest BCUT2D eigenvalue weighted by atomic mass is 9.85. The van der Waals surface area contributed by atoms with E-state index in [1.807, 2.05) is 12.1 Å². The van der Waals surface area contributed by atoms with Gasteiger partial charge in [-0.15, -0.1) is 0 Å². The highest BCUT2D eigenvalue weighted by atomic mass is 16.3. The first kappa shape index (κ1) is 12.7. The number of phenolic OH excluding ortho intramolecular Hbond substituents is 1. The van der Waals surface area contributed by atoms with E-state index in [0.717, 1.165) is 12.1 Å². The molecule has 0 radical (unpaired) electrons. The van der Waals surface area contributed by atoms with Crippen molar-refractivity contribution < 1.29 is 9.90 Å². The number of nitrogens with one attached hydrogen (secondary N) is 1. The zero-order chi connectivity index (χ0) is 13.0. The fourth-order valence-corrected chi connectivity index (χ4v) is 2.01. The number of urea groups is 1. The fourth-order valence-electron chi connectivity index (χ4n) is 2.01. The second-order valence-corrected chi connectivity index (χ2v) is 5.01. The number of aromatic hydroxyl groups is 1. The molecule has 1 fully saturated rings. The largest absolute Gasteiger partial charge is 0.508 e. The Labute approximate surface area is 108 Å². The summed E-state index contributed by atoms with van der Waals surface area (Å²) in [4.78, 5) is 13.5. The van der Waals surface area contributed by atoms with Gasteiger partial charge in [-0.25, -0.2) is 4.79 Å². The molecule has 18 heavy (non-hydrogen) atoms. The predicted octanol–water partition coefficient (Wildman–Crippen LogP) is 2.33. The van der Waals surface area contributed by atoms with E-state index in [9.17, 15) is 9.90 Å². The summed E-state index contributed by atoms with van der Waals surface area (Å²) in [5.74, 6) is 0.923. The molecule has 1 aromatic rings. The van der Waals surface area contributed by atoms with Gasteiger partial charge in [-0.1, -0.05) is 18.6 Å². The molecule has 0 atom stereocenters. The molecular weight excluding hydrogens is 228 g/mol. The minimum Gasteiger partial charge on any atom is -0.508 e. The van der Waals surface area contributed by atoms with Crippen molar-refractivity contribution in [1.82, 2.24) is 10.2 Å². The van der Waals surface area contributed by atoms with Crippen molar-refractivity contribution in [3.05, 3.63) is 29.8 Å². The minimum atomic E-state index is -0.0324. The third-order valence-electron chi connectivity index (χ3n) is 3.47. The Kier molecular flexibility index (Phi) is 4.07. The molecule has 0 heterocycles. The smallest absolute Gasteiger partial charge is 0.317 e. The maximum atomic E-state index is 11.8. The average Bonchev–Trinajstić information content (AvgIpc) is 2.30. The molecule has 2 N–H and O–H groups in total. The van der Waals surface area contributed by atoms with Crippen LogP contribution in [0.4, 0.5) is 4.79 Å². The van der Waals surface area contributed by atoms with Gasteiger partial charge in [0.15, 0.2) is 0 Å². The molecule has 0 unspecified atom stereocenters. The second kappa shape index (κ2) is 5.76. The van der Waals surface area contributed by atoms with Gasteiger partial charge in [0.25, 0.3) is 0 Å². The SMILES string of the molecule is CN(Cc1ccc(O)cc1)C(=O)NCC1CCC1. The van der Waals surface area contributed by atoms with Gasteiger partial charge >= 0.3 is 6.03 Å². The molecule has 0 saturated heterocycles. The number of carbonyl (C=O) groups excluding carboxylic acids is 1. The number of hydrogen-bond acceptors (Lipinski definition) is 2. The van der Waals surface area contributed by atoms with Crippen molar-refractivity contribution in [1.29, 1.82) is 0 Å². The van der Waals surface area contributed by atoms with Crippen LogP contribution in [-0.4, -0.2) is 29.6 Å². The van der Waals surface area contributed by atoms with Crippen molar-refractivity contribution in [3.8, 4) is 5.75 Å². The highest BCUT2D eigenvalue weighted by Gasteiger charge is 2.18. The number of rotatable bonds is 4. The van der Waals surface area contributed by atoms with Gasteiger partial charge in [0.1, 0.15) is 5.75 Å². The van der Waals surface area contributed by atoms with Crippen LogP contribution in [0, 0.1) is 5.92 Å². The van der Waals surface area contributed by atoms with Crippen LogP contribution in [0.2, 0.25) is 0 Å². The first-order valence-corrected chi connectivity index (χ1v) is 6.42. The normalized spacial score (nSPS) is 14.9. The van der Waals surface area contributed by atoms with E-state index in [-0.39, 0.29) is 11.8 Å². The van der Waals surface area contributed by atoms with E-state index in [2.05, 4.69) is 5.32 Å². The van der Waals surface area contributed by atoms with Crippen molar-refractivity contribution in [3.63, 3.8) is 0 Å². The minimum absolute atomic E-state index is 0.0324. The van der Waals surface area contributed by atoms with Crippen LogP contribution in [0.3, 0.4) is 0 Å². The molecule has 0 spiro atoms. The summed E-state index contributed by atoms with van der Waals surface area (Å²) < 4.78 is 0. The second-order valence-electron chi connectivity index (χ2n) is 5.01. The summed E-state index contributed by atoms with van der Waals surface area (Å²) in [5.41, 5.74) is 1.01. The summed E-state index contributed by atoms with van der Waals surface area (Å²) >= 11 is 0. The Morgan fingerprint density at radius 1 is 1.39 bits per heavy atom. The monoisotopic (exact) mass is 248 g/mol. The summed E-state index contributed by atoms with van der Waals surface area (Å²) in [7, 11) is 1.78. The molecule has 0 aliphatic heterocycles. The van der Waals surface area contributed by atoms with Crippen molar-refractivity contribution in [2.45, 2.75) is 25.8 Å². The van der Waals surface area contributed by atoms with Gasteiger partial charge in [0.2, 0.25) is 0 Å². The first-order chi connectivity index (χ1) is 8.65. The van der Waals surface area contributed by atoms with E-state index >= 15 is 0 Å². The third kappa shape index (κ3) is 3.39. The number of carbonyl (C=O) groups is 1. The zero-order valence-corrected chi connectivity index (χ0v) is 10.7. The highest BCUT2D eigenvalue weighted by molar-refractivity contribution is 5.73. The van der Waals surface area contributed by atoms with Gasteiger partial charge in [-0.2, -0.15) is 0 Å².